The highest BCUT2D eigenvalue weighted by atomic mass is 32.2. The van der Waals surface area contributed by atoms with Crippen molar-refractivity contribution in [1.29, 1.82) is 0 Å². The standard InChI is InChI=1S/C12H21N3O2S/c13-7-2-1-3-8-15-18(16,17)11-6-12-4-9-14-10-5-12/h4-5,9-10,15H,1-3,6-8,11,13H2. The summed E-state index contributed by atoms with van der Waals surface area (Å²) >= 11 is 0. The molecule has 0 atom stereocenters. The van der Waals surface area contributed by atoms with E-state index in [2.05, 4.69) is 9.71 Å². The molecule has 1 heterocycles. The van der Waals surface area contributed by atoms with Crippen LogP contribution in [0.1, 0.15) is 24.8 Å². The van der Waals surface area contributed by atoms with Gasteiger partial charge in [0.05, 0.1) is 5.75 Å². The fourth-order valence-corrected chi connectivity index (χ4v) is 2.65. The minimum Gasteiger partial charge on any atom is -0.330 e. The van der Waals surface area contributed by atoms with Crippen LogP contribution in [0, 0.1) is 0 Å². The lowest BCUT2D eigenvalue weighted by Crippen LogP contribution is -2.28. The van der Waals surface area contributed by atoms with E-state index in [9.17, 15) is 8.42 Å². The molecular weight excluding hydrogens is 250 g/mol. The van der Waals surface area contributed by atoms with Gasteiger partial charge in [-0.05, 0) is 43.5 Å². The van der Waals surface area contributed by atoms with Crippen LogP contribution in [0.25, 0.3) is 0 Å². The van der Waals surface area contributed by atoms with Gasteiger partial charge in [-0.2, -0.15) is 0 Å². The van der Waals surface area contributed by atoms with Gasteiger partial charge in [0.2, 0.25) is 10.0 Å². The first-order valence-corrected chi connectivity index (χ1v) is 7.85. The van der Waals surface area contributed by atoms with Crippen LogP contribution in [0.3, 0.4) is 0 Å². The summed E-state index contributed by atoms with van der Waals surface area (Å²) in [5, 5.41) is 0. The fourth-order valence-electron chi connectivity index (χ4n) is 1.55. The van der Waals surface area contributed by atoms with Crippen LogP contribution in [0.5, 0.6) is 0 Å². The molecule has 5 nitrogen and oxygen atoms in total. The van der Waals surface area contributed by atoms with Crippen LogP contribution in [0.15, 0.2) is 24.5 Å². The molecule has 1 aromatic heterocycles. The Morgan fingerprint density at radius 2 is 1.89 bits per heavy atom. The molecule has 6 heteroatoms. The molecule has 0 aromatic carbocycles. The number of nitrogens with one attached hydrogen (secondary N) is 1. The lowest BCUT2D eigenvalue weighted by Gasteiger charge is -2.06. The van der Waals surface area contributed by atoms with Crippen LogP contribution in [0.2, 0.25) is 0 Å². The van der Waals surface area contributed by atoms with E-state index < -0.39 is 10.0 Å². The van der Waals surface area contributed by atoms with Gasteiger partial charge in [0.15, 0.2) is 0 Å². The Balaban J connectivity index is 2.23. The van der Waals surface area contributed by atoms with Crippen molar-refractivity contribution >= 4 is 10.0 Å². The molecule has 0 radical (unpaired) electrons. The zero-order valence-electron chi connectivity index (χ0n) is 10.5. The number of rotatable bonds is 9. The van der Waals surface area contributed by atoms with Crippen LogP contribution in [-0.2, 0) is 16.4 Å². The number of nitrogens with zero attached hydrogens (tertiary/aromatic N) is 1. The van der Waals surface area contributed by atoms with Crippen molar-refractivity contribution in [3.8, 4) is 0 Å². The molecule has 0 spiro atoms. The molecule has 18 heavy (non-hydrogen) atoms. The Labute approximate surface area is 109 Å². The van der Waals surface area contributed by atoms with Crippen LogP contribution < -0.4 is 10.5 Å². The Morgan fingerprint density at radius 3 is 2.56 bits per heavy atom. The molecule has 1 rings (SSSR count). The number of sulfonamides is 1. The molecule has 0 aliphatic carbocycles. The molecule has 0 amide bonds. The van der Waals surface area contributed by atoms with Gasteiger partial charge in [0, 0.05) is 18.9 Å². The third kappa shape index (κ3) is 6.68. The number of unbranched alkanes of at least 4 members (excludes halogenated alkanes) is 2. The van der Waals surface area contributed by atoms with Gasteiger partial charge in [-0.3, -0.25) is 4.98 Å². The van der Waals surface area contributed by atoms with Crippen molar-refractivity contribution in [2.75, 3.05) is 18.8 Å². The summed E-state index contributed by atoms with van der Waals surface area (Å²) in [5.41, 5.74) is 6.35. The second-order valence-corrected chi connectivity index (χ2v) is 6.09. The van der Waals surface area contributed by atoms with Crippen molar-refractivity contribution in [2.45, 2.75) is 25.7 Å². The topological polar surface area (TPSA) is 85.1 Å². The third-order valence-electron chi connectivity index (χ3n) is 2.61. The van der Waals surface area contributed by atoms with Gasteiger partial charge in [0.25, 0.3) is 0 Å². The molecule has 3 N–H and O–H groups in total. The third-order valence-corrected chi connectivity index (χ3v) is 4.00. The predicted molar refractivity (Wildman–Crippen MR) is 72.6 cm³/mol. The predicted octanol–water partition coefficient (Wildman–Crippen LogP) is 0.673. The number of hydrogen-bond donors (Lipinski definition) is 2. The number of pyridine rings is 1. The van der Waals surface area contributed by atoms with E-state index in [1.807, 2.05) is 12.1 Å². The first-order chi connectivity index (χ1) is 8.64. The Bertz CT molecular complexity index is 420. The minimum atomic E-state index is -3.17. The molecule has 0 aliphatic rings. The molecule has 102 valence electrons. The molecule has 0 fully saturated rings. The molecule has 0 bridgehead atoms. The maximum absolute atomic E-state index is 11.7. The van der Waals surface area contributed by atoms with E-state index in [1.165, 1.54) is 0 Å². The van der Waals surface area contributed by atoms with Gasteiger partial charge < -0.3 is 5.73 Å². The van der Waals surface area contributed by atoms with E-state index in [0.717, 1.165) is 24.8 Å². The van der Waals surface area contributed by atoms with Gasteiger partial charge in [0.1, 0.15) is 0 Å². The Kier molecular flexibility index (Phi) is 6.85. The summed E-state index contributed by atoms with van der Waals surface area (Å²) in [4.78, 5) is 3.89. The van der Waals surface area contributed by atoms with Crippen LogP contribution in [-0.4, -0.2) is 32.2 Å². The average molecular weight is 271 g/mol. The van der Waals surface area contributed by atoms with Crippen LogP contribution >= 0.6 is 0 Å². The number of hydrogen-bond acceptors (Lipinski definition) is 4. The van der Waals surface area contributed by atoms with Gasteiger partial charge in [-0.25, -0.2) is 13.1 Å². The molecule has 0 saturated carbocycles. The zero-order valence-corrected chi connectivity index (χ0v) is 11.3. The monoisotopic (exact) mass is 271 g/mol. The SMILES string of the molecule is NCCCCCNS(=O)(=O)CCc1ccncc1. The second kappa shape index (κ2) is 8.18. The summed E-state index contributed by atoms with van der Waals surface area (Å²) in [6.45, 7) is 1.16. The Morgan fingerprint density at radius 1 is 1.17 bits per heavy atom. The molecule has 0 aliphatic heterocycles. The van der Waals surface area contributed by atoms with E-state index in [0.29, 0.717) is 19.5 Å². The van der Waals surface area contributed by atoms with Crippen LogP contribution in [0.4, 0.5) is 0 Å². The maximum atomic E-state index is 11.7. The largest absolute Gasteiger partial charge is 0.330 e. The summed E-state index contributed by atoms with van der Waals surface area (Å²) in [6, 6.07) is 3.66. The highest BCUT2D eigenvalue weighted by Gasteiger charge is 2.09. The fraction of sp³-hybridized carbons (Fsp3) is 0.583. The first-order valence-electron chi connectivity index (χ1n) is 6.20. The summed E-state index contributed by atoms with van der Waals surface area (Å²) in [7, 11) is -3.17. The van der Waals surface area contributed by atoms with Crippen molar-refractivity contribution in [2.24, 2.45) is 5.73 Å². The normalized spacial score (nSPS) is 11.6. The Hall–Kier alpha value is -0.980. The smallest absolute Gasteiger partial charge is 0.211 e. The zero-order chi connectivity index (χ0) is 13.3. The lowest BCUT2D eigenvalue weighted by atomic mass is 10.2. The first kappa shape index (κ1) is 15.1. The van der Waals surface area contributed by atoms with E-state index in [4.69, 9.17) is 5.73 Å². The van der Waals surface area contributed by atoms with Gasteiger partial charge in [-0.1, -0.05) is 6.42 Å². The van der Waals surface area contributed by atoms with Gasteiger partial charge >= 0.3 is 0 Å². The van der Waals surface area contributed by atoms with E-state index in [-0.39, 0.29) is 5.75 Å². The van der Waals surface area contributed by atoms with E-state index >= 15 is 0 Å². The summed E-state index contributed by atoms with van der Waals surface area (Å²) < 4.78 is 26.0. The summed E-state index contributed by atoms with van der Waals surface area (Å²) in [5.74, 6) is 0.119. The minimum absolute atomic E-state index is 0.119. The van der Waals surface area contributed by atoms with Crippen molar-refractivity contribution in [3.05, 3.63) is 30.1 Å². The van der Waals surface area contributed by atoms with Crippen molar-refractivity contribution < 1.29 is 8.42 Å². The lowest BCUT2D eigenvalue weighted by molar-refractivity contribution is 0.574. The van der Waals surface area contributed by atoms with Crippen molar-refractivity contribution in [1.82, 2.24) is 9.71 Å². The van der Waals surface area contributed by atoms with Gasteiger partial charge in [-0.15, -0.1) is 0 Å². The number of nitrogens with two attached hydrogens (primary N) is 1. The second-order valence-electron chi connectivity index (χ2n) is 4.17. The highest BCUT2D eigenvalue weighted by Crippen LogP contribution is 2.00. The number of aryl methyl sites for hydroxylation is 1. The quantitative estimate of drug-likeness (QED) is 0.647. The average Bonchev–Trinajstić information content (AvgIpc) is 2.38. The van der Waals surface area contributed by atoms with E-state index in [1.54, 1.807) is 12.4 Å². The maximum Gasteiger partial charge on any atom is 0.211 e. The molecular formula is C12H21N3O2S. The van der Waals surface area contributed by atoms with Crippen molar-refractivity contribution in [3.63, 3.8) is 0 Å². The number of aromatic nitrogens is 1. The molecule has 1 aromatic rings. The summed E-state index contributed by atoms with van der Waals surface area (Å²) in [6.07, 6.45) is 6.60. The molecule has 0 unspecified atom stereocenters. The molecule has 0 saturated heterocycles. The highest BCUT2D eigenvalue weighted by molar-refractivity contribution is 7.89.